The standard InChI is InChI=1S/C23H19F4NO7S2/c1-13(14-3-7-17(8-4-14)37(33,34)23(25,26)27)35-20-10-5-15(11-18(20)24)22(30)28-16-6-9-19(29)21(12-16)36(2,31)32/h3-13,29H,1-2H3,(H,28,30). The van der Waals surface area contributed by atoms with E-state index in [-0.39, 0.29) is 22.6 Å². The van der Waals surface area contributed by atoms with Crippen LogP contribution in [0.3, 0.4) is 0 Å². The molecule has 0 aliphatic rings. The van der Waals surface area contributed by atoms with Crippen LogP contribution in [0.5, 0.6) is 11.5 Å². The van der Waals surface area contributed by atoms with Crippen LogP contribution in [0, 0.1) is 5.82 Å². The lowest BCUT2D eigenvalue weighted by Gasteiger charge is -2.17. The maximum atomic E-state index is 14.6. The maximum absolute atomic E-state index is 14.6. The van der Waals surface area contributed by atoms with Gasteiger partial charge in [0, 0.05) is 17.5 Å². The fraction of sp³-hybridized carbons (Fsp3) is 0.174. The van der Waals surface area contributed by atoms with Gasteiger partial charge in [0.05, 0.1) is 4.90 Å². The molecule has 0 radical (unpaired) electrons. The molecule has 3 rings (SSSR count). The molecule has 0 fully saturated rings. The van der Waals surface area contributed by atoms with Crippen molar-refractivity contribution in [3.8, 4) is 11.5 Å². The van der Waals surface area contributed by atoms with Crippen molar-refractivity contribution in [2.75, 3.05) is 11.6 Å². The second-order valence-corrected chi connectivity index (χ2v) is 11.8. The zero-order valence-corrected chi connectivity index (χ0v) is 20.7. The minimum atomic E-state index is -5.51. The largest absolute Gasteiger partial charge is 0.507 e. The first-order valence-corrected chi connectivity index (χ1v) is 13.6. The van der Waals surface area contributed by atoms with Crippen LogP contribution in [0.25, 0.3) is 0 Å². The van der Waals surface area contributed by atoms with Crippen molar-refractivity contribution in [3.05, 3.63) is 77.6 Å². The minimum absolute atomic E-state index is 0.0357. The lowest BCUT2D eigenvalue weighted by atomic mass is 10.1. The normalized spacial score (nSPS) is 13.1. The van der Waals surface area contributed by atoms with E-state index in [1.54, 1.807) is 0 Å². The fourth-order valence-corrected chi connectivity index (χ4v) is 4.69. The molecule has 8 nitrogen and oxygen atoms in total. The summed E-state index contributed by atoms with van der Waals surface area (Å²) in [5.74, 6) is -2.53. The highest BCUT2D eigenvalue weighted by molar-refractivity contribution is 7.92. The van der Waals surface area contributed by atoms with Crippen LogP contribution in [0.2, 0.25) is 0 Å². The average molecular weight is 562 g/mol. The van der Waals surface area contributed by atoms with Gasteiger partial charge in [-0.2, -0.15) is 13.2 Å². The first-order chi connectivity index (χ1) is 17.0. The van der Waals surface area contributed by atoms with Gasteiger partial charge in [-0.25, -0.2) is 21.2 Å². The number of hydrogen-bond acceptors (Lipinski definition) is 7. The summed E-state index contributed by atoms with van der Waals surface area (Å²) in [7, 11) is -9.29. The molecule has 3 aromatic rings. The number of sulfone groups is 2. The Kier molecular flexibility index (Phi) is 7.56. The molecule has 1 unspecified atom stereocenters. The molecule has 1 amide bonds. The van der Waals surface area contributed by atoms with E-state index in [4.69, 9.17) is 4.74 Å². The number of aromatic hydroxyl groups is 1. The van der Waals surface area contributed by atoms with E-state index in [0.717, 1.165) is 54.8 Å². The zero-order chi connectivity index (χ0) is 27.8. The Morgan fingerprint density at radius 2 is 1.59 bits per heavy atom. The predicted octanol–water partition coefficient (Wildman–Crippen LogP) is 4.62. The van der Waals surface area contributed by atoms with Gasteiger partial charge in [0.1, 0.15) is 16.7 Å². The van der Waals surface area contributed by atoms with Gasteiger partial charge in [0.15, 0.2) is 21.4 Å². The van der Waals surface area contributed by atoms with Crippen LogP contribution in [-0.4, -0.2) is 39.6 Å². The third-order valence-corrected chi connectivity index (χ3v) is 7.71. The summed E-state index contributed by atoms with van der Waals surface area (Å²) in [4.78, 5) is 11.1. The molecule has 3 aromatic carbocycles. The number of phenolic OH excluding ortho intramolecular Hbond substituents is 1. The van der Waals surface area contributed by atoms with Crippen LogP contribution >= 0.6 is 0 Å². The summed E-state index contributed by atoms with van der Waals surface area (Å²) < 4.78 is 105. The molecule has 14 heteroatoms. The Balaban J connectivity index is 1.74. The number of carbonyl (C=O) groups is 1. The summed E-state index contributed by atoms with van der Waals surface area (Å²) in [6, 6.07) is 10.3. The van der Waals surface area contributed by atoms with E-state index in [9.17, 15) is 44.3 Å². The molecule has 0 spiro atoms. The van der Waals surface area contributed by atoms with Crippen molar-refractivity contribution < 1.29 is 49.0 Å². The lowest BCUT2D eigenvalue weighted by Crippen LogP contribution is -2.23. The van der Waals surface area contributed by atoms with Crippen LogP contribution in [0.1, 0.15) is 28.9 Å². The van der Waals surface area contributed by atoms with E-state index in [0.29, 0.717) is 0 Å². The fourth-order valence-electron chi connectivity index (χ4n) is 3.14. The zero-order valence-electron chi connectivity index (χ0n) is 19.1. The summed E-state index contributed by atoms with van der Waals surface area (Å²) >= 11 is 0. The van der Waals surface area contributed by atoms with Crippen molar-refractivity contribution >= 4 is 31.3 Å². The Bertz CT molecular complexity index is 1550. The number of anilines is 1. The third kappa shape index (κ3) is 6.20. The van der Waals surface area contributed by atoms with Crippen LogP contribution in [0.15, 0.2) is 70.5 Å². The number of carbonyl (C=O) groups excluding carboxylic acids is 1. The molecule has 198 valence electrons. The average Bonchev–Trinajstić information content (AvgIpc) is 2.80. The van der Waals surface area contributed by atoms with Crippen molar-refractivity contribution in [1.82, 2.24) is 0 Å². The van der Waals surface area contributed by atoms with Gasteiger partial charge in [0.2, 0.25) is 0 Å². The van der Waals surface area contributed by atoms with Gasteiger partial charge >= 0.3 is 5.51 Å². The highest BCUT2D eigenvalue weighted by atomic mass is 32.2. The highest BCUT2D eigenvalue weighted by Gasteiger charge is 2.46. The molecule has 1 atom stereocenters. The first-order valence-electron chi connectivity index (χ1n) is 10.2. The van der Waals surface area contributed by atoms with E-state index < -0.39 is 58.6 Å². The molecule has 37 heavy (non-hydrogen) atoms. The van der Waals surface area contributed by atoms with Crippen molar-refractivity contribution in [2.24, 2.45) is 0 Å². The van der Waals surface area contributed by atoms with Gasteiger partial charge in [-0.3, -0.25) is 4.79 Å². The van der Waals surface area contributed by atoms with Crippen LogP contribution in [0.4, 0.5) is 23.2 Å². The number of benzene rings is 3. The first kappa shape index (κ1) is 27.9. The Morgan fingerprint density at radius 3 is 2.14 bits per heavy atom. The molecular formula is C23H19F4NO7S2. The third-order valence-electron chi connectivity index (χ3n) is 5.08. The number of nitrogens with one attached hydrogen (secondary N) is 1. The molecule has 0 aromatic heterocycles. The second-order valence-electron chi connectivity index (χ2n) is 7.83. The van der Waals surface area contributed by atoms with E-state index in [2.05, 4.69) is 5.32 Å². The van der Waals surface area contributed by atoms with Gasteiger partial charge < -0.3 is 15.2 Å². The smallest absolute Gasteiger partial charge is 0.501 e. The number of rotatable bonds is 7. The van der Waals surface area contributed by atoms with Crippen LogP contribution in [-0.2, 0) is 19.7 Å². The van der Waals surface area contributed by atoms with Crippen molar-refractivity contribution in [3.63, 3.8) is 0 Å². The van der Waals surface area contributed by atoms with Crippen LogP contribution < -0.4 is 10.1 Å². The number of halogens is 4. The molecule has 2 N–H and O–H groups in total. The highest BCUT2D eigenvalue weighted by Crippen LogP contribution is 2.32. The Hall–Kier alpha value is -3.65. The number of hydrogen-bond donors (Lipinski definition) is 2. The summed E-state index contributed by atoms with van der Waals surface area (Å²) in [6.45, 7) is 1.46. The van der Waals surface area contributed by atoms with E-state index in [1.165, 1.54) is 19.1 Å². The summed E-state index contributed by atoms with van der Waals surface area (Å²) in [5, 5.41) is 12.1. The quantitative estimate of drug-likeness (QED) is 0.318. The minimum Gasteiger partial charge on any atom is -0.507 e. The van der Waals surface area contributed by atoms with Gasteiger partial charge in [-0.05, 0) is 61.0 Å². The number of alkyl halides is 3. The Morgan fingerprint density at radius 1 is 0.973 bits per heavy atom. The number of ether oxygens (including phenoxy) is 1. The molecule has 0 saturated heterocycles. The molecular weight excluding hydrogens is 542 g/mol. The second kappa shape index (κ2) is 10.0. The van der Waals surface area contributed by atoms with E-state index in [1.807, 2.05) is 0 Å². The monoisotopic (exact) mass is 561 g/mol. The number of amides is 1. The molecule has 0 saturated carbocycles. The SMILES string of the molecule is CC(Oc1ccc(C(=O)Nc2ccc(O)c(S(C)(=O)=O)c2)cc1F)c1ccc(S(=O)(=O)C(F)(F)F)cc1. The molecule has 0 aliphatic carbocycles. The van der Waals surface area contributed by atoms with Crippen molar-refractivity contribution in [1.29, 1.82) is 0 Å². The van der Waals surface area contributed by atoms with Gasteiger partial charge in [-0.1, -0.05) is 12.1 Å². The topological polar surface area (TPSA) is 127 Å². The van der Waals surface area contributed by atoms with Gasteiger partial charge in [0.25, 0.3) is 15.7 Å². The van der Waals surface area contributed by atoms with E-state index >= 15 is 0 Å². The lowest BCUT2D eigenvalue weighted by molar-refractivity contribution is -0.0436. The summed E-state index contributed by atoms with van der Waals surface area (Å²) in [5.41, 5.74) is -5.30. The predicted molar refractivity (Wildman–Crippen MR) is 124 cm³/mol. The maximum Gasteiger partial charge on any atom is 0.501 e. The van der Waals surface area contributed by atoms with Crippen molar-refractivity contribution in [2.45, 2.75) is 28.3 Å². The Labute approximate surface area is 209 Å². The number of phenols is 1. The van der Waals surface area contributed by atoms with Gasteiger partial charge in [-0.15, -0.1) is 0 Å². The summed E-state index contributed by atoms with van der Waals surface area (Å²) in [6.07, 6.45) is -0.0233. The molecule has 0 heterocycles. The molecule has 0 bridgehead atoms. The molecule has 0 aliphatic heterocycles.